The largest absolute Gasteiger partial charge is 0.497 e. The molecule has 1 heterocycles. The molecule has 0 fully saturated rings. The smallest absolute Gasteiger partial charge is 0.194 e. The molecule has 0 atom stereocenters. The van der Waals surface area contributed by atoms with E-state index < -0.39 is 11.6 Å². The monoisotopic (exact) mass is 349 g/mol. The molecule has 4 rings (SSSR count). The molecule has 0 saturated heterocycles. The lowest BCUT2D eigenvalue weighted by Gasteiger charge is -2.10. The highest BCUT2D eigenvalue weighted by Crippen LogP contribution is 2.43. The maximum atomic E-state index is 13.8. The number of pyridine rings is 1. The highest BCUT2D eigenvalue weighted by atomic mass is 19.1. The maximum absolute atomic E-state index is 13.8. The van der Waals surface area contributed by atoms with Gasteiger partial charge in [-0.05, 0) is 47.5 Å². The Labute approximate surface area is 148 Å². The van der Waals surface area contributed by atoms with Crippen molar-refractivity contribution in [1.82, 2.24) is 4.98 Å². The minimum Gasteiger partial charge on any atom is -0.497 e. The van der Waals surface area contributed by atoms with E-state index >= 15 is 0 Å². The summed E-state index contributed by atoms with van der Waals surface area (Å²) >= 11 is 0. The van der Waals surface area contributed by atoms with Crippen molar-refractivity contribution in [2.75, 3.05) is 7.11 Å². The molecule has 128 valence electrons. The lowest BCUT2D eigenvalue weighted by atomic mass is 9.94. The summed E-state index contributed by atoms with van der Waals surface area (Å²) in [6.07, 6.45) is 3.16. The fourth-order valence-corrected chi connectivity index (χ4v) is 3.22. The van der Waals surface area contributed by atoms with Crippen LogP contribution in [0.5, 0.6) is 5.75 Å². The number of ketones is 1. The van der Waals surface area contributed by atoms with Crippen molar-refractivity contribution in [1.29, 1.82) is 0 Å². The van der Waals surface area contributed by atoms with Gasteiger partial charge < -0.3 is 4.74 Å². The molecule has 0 bridgehead atoms. The number of methoxy groups -OCH3 is 1. The van der Waals surface area contributed by atoms with Gasteiger partial charge in [0.1, 0.15) is 17.4 Å². The fraction of sp³-hybridized carbons (Fsp3) is 0.0476. The fourth-order valence-electron chi connectivity index (χ4n) is 3.22. The third kappa shape index (κ3) is 2.58. The summed E-state index contributed by atoms with van der Waals surface area (Å²) in [5, 5.41) is 0. The van der Waals surface area contributed by atoms with Gasteiger partial charge in [-0.15, -0.1) is 0 Å². The summed E-state index contributed by atoms with van der Waals surface area (Å²) in [5.41, 5.74) is 2.76. The number of carbonyl (C=O) groups is 1. The van der Waals surface area contributed by atoms with Crippen molar-refractivity contribution in [2.45, 2.75) is 0 Å². The molecule has 0 N–H and O–H groups in total. The van der Waals surface area contributed by atoms with Crippen molar-refractivity contribution in [3.63, 3.8) is 0 Å². The van der Waals surface area contributed by atoms with Crippen LogP contribution in [0.3, 0.4) is 0 Å². The molecule has 1 aliphatic carbocycles. The first-order chi connectivity index (χ1) is 12.6. The molecule has 5 heteroatoms. The molecule has 26 heavy (non-hydrogen) atoms. The molecule has 3 nitrogen and oxygen atoms in total. The van der Waals surface area contributed by atoms with Gasteiger partial charge in [0, 0.05) is 40.7 Å². The molecule has 2 aromatic carbocycles. The number of halogens is 2. The van der Waals surface area contributed by atoms with Gasteiger partial charge in [0.15, 0.2) is 5.78 Å². The van der Waals surface area contributed by atoms with Gasteiger partial charge >= 0.3 is 0 Å². The van der Waals surface area contributed by atoms with Gasteiger partial charge in [0.25, 0.3) is 0 Å². The number of ether oxygens (including phenoxy) is 1. The second-order valence-corrected chi connectivity index (χ2v) is 5.89. The van der Waals surface area contributed by atoms with E-state index in [-0.39, 0.29) is 5.78 Å². The molecule has 3 aromatic rings. The SMILES string of the molecule is COc1ccc2c(c1)C(c1cc(F)cc(F)c1)=C(c1cccnc1)C2=O. The molecule has 0 amide bonds. The van der Waals surface area contributed by atoms with Gasteiger partial charge in [-0.1, -0.05) is 6.07 Å². The van der Waals surface area contributed by atoms with Gasteiger partial charge in [0.2, 0.25) is 0 Å². The van der Waals surface area contributed by atoms with Gasteiger partial charge in [0.05, 0.1) is 7.11 Å². The van der Waals surface area contributed by atoms with E-state index in [0.29, 0.717) is 39.1 Å². The molecule has 0 saturated carbocycles. The Balaban J connectivity index is 2.06. The van der Waals surface area contributed by atoms with Crippen LogP contribution in [-0.4, -0.2) is 17.9 Å². The molecular weight excluding hydrogens is 336 g/mol. The number of rotatable bonds is 3. The van der Waals surface area contributed by atoms with E-state index in [1.165, 1.54) is 19.2 Å². The quantitative estimate of drug-likeness (QED) is 0.698. The molecular formula is C21H13F2NO2. The van der Waals surface area contributed by atoms with Gasteiger partial charge in [-0.2, -0.15) is 0 Å². The maximum Gasteiger partial charge on any atom is 0.194 e. The van der Waals surface area contributed by atoms with E-state index in [4.69, 9.17) is 4.74 Å². The normalized spacial score (nSPS) is 13.1. The number of aromatic nitrogens is 1. The Kier molecular flexibility index (Phi) is 3.84. The summed E-state index contributed by atoms with van der Waals surface area (Å²) < 4.78 is 32.9. The molecule has 0 unspecified atom stereocenters. The Morgan fingerprint density at radius 2 is 1.65 bits per heavy atom. The van der Waals surface area contributed by atoms with Crippen LogP contribution in [0.2, 0.25) is 0 Å². The second kappa shape index (κ2) is 6.19. The number of benzene rings is 2. The van der Waals surface area contributed by atoms with Crippen LogP contribution < -0.4 is 4.74 Å². The van der Waals surface area contributed by atoms with Crippen LogP contribution in [-0.2, 0) is 0 Å². The molecule has 0 spiro atoms. The van der Waals surface area contributed by atoms with Gasteiger partial charge in [-0.3, -0.25) is 9.78 Å². The van der Waals surface area contributed by atoms with E-state index in [1.54, 1.807) is 42.7 Å². The highest BCUT2D eigenvalue weighted by Gasteiger charge is 2.32. The number of nitrogens with zero attached hydrogens (tertiary/aromatic N) is 1. The lowest BCUT2D eigenvalue weighted by molar-refractivity contribution is 0.105. The van der Waals surface area contributed by atoms with Crippen LogP contribution in [0.4, 0.5) is 8.78 Å². The zero-order valence-electron chi connectivity index (χ0n) is 13.8. The van der Waals surface area contributed by atoms with E-state index in [2.05, 4.69) is 4.98 Å². The topological polar surface area (TPSA) is 39.2 Å². The number of fused-ring (bicyclic) bond motifs is 1. The Hall–Kier alpha value is -3.34. The number of carbonyl (C=O) groups excluding carboxylic acids is 1. The summed E-state index contributed by atoms with van der Waals surface area (Å²) in [4.78, 5) is 17.1. The van der Waals surface area contributed by atoms with E-state index in [0.717, 1.165) is 6.07 Å². The zero-order chi connectivity index (χ0) is 18.3. The first kappa shape index (κ1) is 16.1. The first-order valence-corrected chi connectivity index (χ1v) is 7.92. The van der Waals surface area contributed by atoms with Crippen LogP contribution >= 0.6 is 0 Å². The summed E-state index contributed by atoms with van der Waals surface area (Å²) in [6.45, 7) is 0. The Bertz CT molecular complexity index is 1040. The minimum absolute atomic E-state index is 0.213. The number of allylic oxidation sites excluding steroid dienone is 1. The lowest BCUT2D eigenvalue weighted by Crippen LogP contribution is -1.99. The first-order valence-electron chi connectivity index (χ1n) is 7.92. The predicted molar refractivity (Wildman–Crippen MR) is 93.8 cm³/mol. The van der Waals surface area contributed by atoms with Crippen molar-refractivity contribution in [2.24, 2.45) is 0 Å². The van der Waals surface area contributed by atoms with Crippen molar-refractivity contribution in [3.05, 3.63) is 94.8 Å². The van der Waals surface area contributed by atoms with E-state index in [9.17, 15) is 13.6 Å². The predicted octanol–water partition coefficient (Wildman–Crippen LogP) is 4.52. The highest BCUT2D eigenvalue weighted by molar-refractivity contribution is 6.41. The Morgan fingerprint density at radius 3 is 2.31 bits per heavy atom. The Morgan fingerprint density at radius 1 is 0.885 bits per heavy atom. The average molecular weight is 349 g/mol. The van der Waals surface area contributed by atoms with Crippen LogP contribution in [0, 0.1) is 11.6 Å². The molecule has 0 aliphatic heterocycles. The summed E-state index contributed by atoms with van der Waals surface area (Å²) in [7, 11) is 1.52. The van der Waals surface area contributed by atoms with Crippen molar-refractivity contribution < 1.29 is 18.3 Å². The number of hydrogen-bond donors (Lipinski definition) is 0. The number of hydrogen-bond acceptors (Lipinski definition) is 3. The molecule has 1 aromatic heterocycles. The van der Waals surface area contributed by atoms with Gasteiger partial charge in [-0.25, -0.2) is 8.78 Å². The third-order valence-electron chi connectivity index (χ3n) is 4.32. The summed E-state index contributed by atoms with van der Waals surface area (Å²) in [6, 6.07) is 11.8. The molecule has 0 radical (unpaired) electrons. The second-order valence-electron chi connectivity index (χ2n) is 5.89. The van der Waals surface area contributed by atoms with Crippen molar-refractivity contribution >= 4 is 16.9 Å². The summed E-state index contributed by atoms with van der Waals surface area (Å²) in [5.74, 6) is -1.07. The average Bonchev–Trinajstić information content (AvgIpc) is 2.93. The minimum atomic E-state index is -0.707. The van der Waals surface area contributed by atoms with Crippen LogP contribution in [0.25, 0.3) is 11.1 Å². The zero-order valence-corrected chi connectivity index (χ0v) is 13.8. The standard InChI is InChI=1S/C21H13F2NO2/c1-26-16-4-5-17-18(10-16)19(13-7-14(22)9-15(23)8-13)20(21(17)25)12-3-2-6-24-11-12/h2-11H,1H3. The third-order valence-corrected chi connectivity index (χ3v) is 4.32. The van der Waals surface area contributed by atoms with Crippen LogP contribution in [0.1, 0.15) is 27.0 Å². The van der Waals surface area contributed by atoms with E-state index in [1.807, 2.05) is 0 Å². The van der Waals surface area contributed by atoms with Crippen molar-refractivity contribution in [3.8, 4) is 5.75 Å². The molecule has 1 aliphatic rings. The number of Topliss-reactive ketones (excluding diaryl/α,β-unsaturated/α-hetero) is 1. The van der Waals surface area contributed by atoms with Crippen LogP contribution in [0.15, 0.2) is 60.9 Å².